The molecule has 7 heteroatoms. The van der Waals surface area contributed by atoms with E-state index in [0.717, 1.165) is 11.1 Å². The molecule has 0 spiro atoms. The largest absolute Gasteiger partial charge is 0.493 e. The number of esters is 1. The van der Waals surface area contributed by atoms with Crippen LogP contribution in [-0.2, 0) is 16.1 Å². The number of nitrogens with zero attached hydrogens (tertiary/aromatic N) is 1. The lowest BCUT2D eigenvalue weighted by Gasteiger charge is -2.19. The molecule has 2 aromatic carbocycles. The molecule has 0 saturated carbocycles. The molecule has 0 fully saturated rings. The fraction of sp³-hybridized carbons (Fsp3) is 0.364. The highest BCUT2D eigenvalue weighted by atomic mass is 35.5. The van der Waals surface area contributed by atoms with Crippen molar-refractivity contribution in [1.29, 1.82) is 0 Å². The number of ether oxygens (including phenoxy) is 3. The van der Waals surface area contributed by atoms with E-state index in [1.54, 1.807) is 7.05 Å². The lowest BCUT2D eigenvalue weighted by Crippen LogP contribution is -2.31. The van der Waals surface area contributed by atoms with Crippen LogP contribution in [-0.4, -0.2) is 43.6 Å². The van der Waals surface area contributed by atoms with Crippen LogP contribution < -0.4 is 9.47 Å². The molecule has 2 aromatic rings. The van der Waals surface area contributed by atoms with Crippen LogP contribution in [0.5, 0.6) is 11.5 Å². The number of hydrogen-bond donors (Lipinski definition) is 0. The summed E-state index contributed by atoms with van der Waals surface area (Å²) in [6.07, 6.45) is -0.111. The van der Waals surface area contributed by atoms with Gasteiger partial charge in [-0.3, -0.25) is 4.79 Å². The highest BCUT2D eigenvalue weighted by Gasteiger charge is 2.19. The Kier molecular flexibility index (Phi) is 7.91. The fourth-order valence-corrected chi connectivity index (χ4v) is 2.89. The Morgan fingerprint density at radius 1 is 1.17 bits per heavy atom. The summed E-state index contributed by atoms with van der Waals surface area (Å²) in [7, 11) is 3.12. The second kappa shape index (κ2) is 10.2. The van der Waals surface area contributed by atoms with Crippen LogP contribution in [0.2, 0.25) is 5.02 Å². The van der Waals surface area contributed by atoms with E-state index in [1.165, 1.54) is 24.1 Å². The Balaban J connectivity index is 2.02. The zero-order valence-corrected chi connectivity index (χ0v) is 18.1. The van der Waals surface area contributed by atoms with Crippen LogP contribution in [0.1, 0.15) is 35.3 Å². The SMILES string of the molecule is COc1cc(C(=O)OCC(=O)N(C)Cc2ccccc2C)cc(Cl)c1OC(C)C. The lowest BCUT2D eigenvalue weighted by atomic mass is 10.1. The first-order chi connectivity index (χ1) is 13.7. The first-order valence-corrected chi connectivity index (χ1v) is 9.60. The second-order valence-corrected chi connectivity index (χ2v) is 7.32. The summed E-state index contributed by atoms with van der Waals surface area (Å²) in [6, 6.07) is 10.7. The van der Waals surface area contributed by atoms with E-state index in [1.807, 2.05) is 45.0 Å². The van der Waals surface area contributed by atoms with E-state index in [0.29, 0.717) is 18.0 Å². The quantitative estimate of drug-likeness (QED) is 0.598. The standard InChI is InChI=1S/C22H26ClNO5/c1-14(2)29-21-18(23)10-17(11-19(21)27-5)22(26)28-13-20(25)24(4)12-16-9-7-6-8-15(16)3/h6-11,14H,12-13H2,1-5H3. The maximum absolute atomic E-state index is 12.4. The average Bonchev–Trinajstić information content (AvgIpc) is 2.68. The number of carbonyl (C=O) groups is 2. The van der Waals surface area contributed by atoms with Crippen molar-refractivity contribution in [3.8, 4) is 11.5 Å². The molecule has 0 saturated heterocycles. The Morgan fingerprint density at radius 3 is 2.48 bits per heavy atom. The number of amides is 1. The molecule has 0 heterocycles. The highest BCUT2D eigenvalue weighted by molar-refractivity contribution is 6.32. The molecule has 29 heavy (non-hydrogen) atoms. The minimum Gasteiger partial charge on any atom is -0.493 e. The molecule has 0 atom stereocenters. The summed E-state index contributed by atoms with van der Waals surface area (Å²) in [6.45, 7) is 5.76. The molecule has 2 rings (SSSR count). The van der Waals surface area contributed by atoms with Crippen LogP contribution in [0.25, 0.3) is 0 Å². The summed E-state index contributed by atoms with van der Waals surface area (Å²) in [5.41, 5.74) is 2.30. The van der Waals surface area contributed by atoms with Crippen molar-refractivity contribution < 1.29 is 23.8 Å². The molecule has 0 N–H and O–H groups in total. The predicted molar refractivity (Wildman–Crippen MR) is 112 cm³/mol. The Hall–Kier alpha value is -2.73. The van der Waals surface area contributed by atoms with Gasteiger partial charge in [0.2, 0.25) is 0 Å². The molecule has 0 radical (unpaired) electrons. The normalized spacial score (nSPS) is 10.6. The summed E-state index contributed by atoms with van der Waals surface area (Å²) < 4.78 is 16.1. The van der Waals surface area contributed by atoms with E-state index in [-0.39, 0.29) is 29.2 Å². The third kappa shape index (κ3) is 6.12. The summed E-state index contributed by atoms with van der Waals surface area (Å²) in [5.74, 6) is -0.297. The number of aryl methyl sites for hydroxylation is 1. The van der Waals surface area contributed by atoms with Gasteiger partial charge in [-0.2, -0.15) is 0 Å². The highest BCUT2D eigenvalue weighted by Crippen LogP contribution is 2.37. The van der Waals surface area contributed by atoms with E-state index >= 15 is 0 Å². The van der Waals surface area contributed by atoms with Crippen LogP contribution in [0.15, 0.2) is 36.4 Å². The Bertz CT molecular complexity index is 882. The predicted octanol–water partition coefficient (Wildman–Crippen LogP) is 4.26. The summed E-state index contributed by atoms with van der Waals surface area (Å²) in [5, 5.41) is 0.230. The Morgan fingerprint density at radius 2 is 1.86 bits per heavy atom. The maximum Gasteiger partial charge on any atom is 0.338 e. The van der Waals surface area contributed by atoms with Crippen molar-refractivity contribution in [2.45, 2.75) is 33.4 Å². The first kappa shape index (κ1) is 22.6. The van der Waals surface area contributed by atoms with Gasteiger partial charge < -0.3 is 19.1 Å². The average molecular weight is 420 g/mol. The molecule has 6 nitrogen and oxygen atoms in total. The number of halogens is 1. The number of hydrogen-bond acceptors (Lipinski definition) is 5. The van der Waals surface area contributed by atoms with E-state index < -0.39 is 5.97 Å². The van der Waals surface area contributed by atoms with Crippen molar-refractivity contribution in [3.05, 3.63) is 58.1 Å². The number of methoxy groups -OCH3 is 1. The molecule has 0 aliphatic rings. The van der Waals surface area contributed by atoms with Gasteiger partial charge in [-0.25, -0.2) is 4.79 Å². The summed E-state index contributed by atoms with van der Waals surface area (Å²) >= 11 is 6.23. The van der Waals surface area contributed by atoms with Crippen molar-refractivity contribution >= 4 is 23.5 Å². The zero-order chi connectivity index (χ0) is 21.6. The van der Waals surface area contributed by atoms with E-state index in [4.69, 9.17) is 25.8 Å². The number of carbonyl (C=O) groups excluding carboxylic acids is 2. The third-order valence-electron chi connectivity index (χ3n) is 4.24. The van der Waals surface area contributed by atoms with Gasteiger partial charge >= 0.3 is 5.97 Å². The van der Waals surface area contributed by atoms with Gasteiger partial charge in [0.05, 0.1) is 23.8 Å². The number of benzene rings is 2. The molecule has 0 aliphatic heterocycles. The number of likely N-dealkylation sites (N-methyl/N-ethyl adjacent to an activating group) is 1. The van der Waals surface area contributed by atoms with Crippen LogP contribution >= 0.6 is 11.6 Å². The summed E-state index contributed by atoms with van der Waals surface area (Å²) in [4.78, 5) is 26.2. The minimum atomic E-state index is -0.668. The molecule has 156 valence electrons. The molecule has 0 aromatic heterocycles. The van der Waals surface area contributed by atoms with Gasteiger partial charge in [0.15, 0.2) is 18.1 Å². The van der Waals surface area contributed by atoms with E-state index in [9.17, 15) is 9.59 Å². The van der Waals surface area contributed by atoms with Gasteiger partial charge in [-0.1, -0.05) is 35.9 Å². The molecular formula is C22H26ClNO5. The van der Waals surface area contributed by atoms with Crippen molar-refractivity contribution in [3.63, 3.8) is 0 Å². The van der Waals surface area contributed by atoms with Crippen LogP contribution in [0, 0.1) is 6.92 Å². The lowest BCUT2D eigenvalue weighted by molar-refractivity contribution is -0.133. The van der Waals surface area contributed by atoms with Crippen LogP contribution in [0.3, 0.4) is 0 Å². The van der Waals surface area contributed by atoms with Gasteiger partial charge in [0.1, 0.15) is 0 Å². The van der Waals surface area contributed by atoms with Gasteiger partial charge in [0.25, 0.3) is 5.91 Å². The molecule has 1 amide bonds. The van der Waals surface area contributed by atoms with Crippen molar-refractivity contribution in [2.24, 2.45) is 0 Å². The zero-order valence-electron chi connectivity index (χ0n) is 17.3. The van der Waals surface area contributed by atoms with Gasteiger partial charge in [-0.05, 0) is 44.0 Å². The van der Waals surface area contributed by atoms with Crippen molar-refractivity contribution in [1.82, 2.24) is 4.90 Å². The van der Waals surface area contributed by atoms with Gasteiger partial charge in [-0.15, -0.1) is 0 Å². The minimum absolute atomic E-state index is 0.111. The molecule has 0 aliphatic carbocycles. The molecule has 0 unspecified atom stereocenters. The Labute approximate surface area is 176 Å². The smallest absolute Gasteiger partial charge is 0.338 e. The second-order valence-electron chi connectivity index (χ2n) is 6.91. The van der Waals surface area contributed by atoms with Crippen LogP contribution in [0.4, 0.5) is 0 Å². The third-order valence-corrected chi connectivity index (χ3v) is 4.52. The maximum atomic E-state index is 12.4. The topological polar surface area (TPSA) is 65.1 Å². The van der Waals surface area contributed by atoms with E-state index in [2.05, 4.69) is 0 Å². The molecule has 0 bridgehead atoms. The monoisotopic (exact) mass is 419 g/mol. The van der Waals surface area contributed by atoms with Gasteiger partial charge in [0, 0.05) is 13.6 Å². The first-order valence-electron chi connectivity index (χ1n) is 9.22. The fourth-order valence-electron chi connectivity index (χ4n) is 2.64. The molecular weight excluding hydrogens is 394 g/mol. The van der Waals surface area contributed by atoms with Crippen molar-refractivity contribution in [2.75, 3.05) is 20.8 Å². The number of rotatable bonds is 8.